The number of carbonyl (C=O) groups excluding carboxylic acids is 3. The summed E-state index contributed by atoms with van der Waals surface area (Å²) in [5.74, 6) is 1.56. The third-order valence-electron chi connectivity index (χ3n) is 7.25. The highest BCUT2D eigenvalue weighted by molar-refractivity contribution is 8.01. The Hall–Kier alpha value is -2.02. The summed E-state index contributed by atoms with van der Waals surface area (Å²) >= 11 is 1.36. The third-order valence-corrected chi connectivity index (χ3v) is 8.52. The van der Waals surface area contributed by atoms with Gasteiger partial charge in [0.25, 0.3) is 5.91 Å². The second-order valence-electron chi connectivity index (χ2n) is 9.65. The van der Waals surface area contributed by atoms with Crippen LogP contribution < -0.4 is 10.6 Å². The second kappa shape index (κ2) is 7.91. The van der Waals surface area contributed by atoms with Gasteiger partial charge in [-0.2, -0.15) is 0 Å². The maximum absolute atomic E-state index is 12.3. The number of benzene rings is 1. The first-order chi connectivity index (χ1) is 14.5. The molecule has 4 fully saturated rings. The van der Waals surface area contributed by atoms with Gasteiger partial charge in [-0.25, -0.2) is 0 Å². The third kappa shape index (κ3) is 4.09. The van der Waals surface area contributed by atoms with Gasteiger partial charge in [0.15, 0.2) is 6.61 Å². The number of fused-ring (bicyclic) bond motifs is 1. The number of nitrogens with one attached hydrogen (secondary N) is 2. The number of hydrogen-bond donors (Lipinski definition) is 2. The van der Waals surface area contributed by atoms with Crippen molar-refractivity contribution in [3.63, 3.8) is 0 Å². The molecule has 160 valence electrons. The summed E-state index contributed by atoms with van der Waals surface area (Å²) in [5, 5.41) is 5.30. The molecule has 0 unspecified atom stereocenters. The lowest BCUT2D eigenvalue weighted by atomic mass is 9.49. The van der Waals surface area contributed by atoms with Crippen LogP contribution in [0.5, 0.6) is 0 Å². The monoisotopic (exact) mass is 428 g/mol. The van der Waals surface area contributed by atoms with Crippen molar-refractivity contribution in [2.24, 2.45) is 23.2 Å². The van der Waals surface area contributed by atoms with E-state index < -0.39 is 11.2 Å². The van der Waals surface area contributed by atoms with Gasteiger partial charge in [-0.05, 0) is 73.8 Å². The molecule has 1 heterocycles. The molecule has 2 N–H and O–H groups in total. The summed E-state index contributed by atoms with van der Waals surface area (Å²) in [6, 6.07) is 7.50. The molecule has 7 heteroatoms. The Morgan fingerprint density at radius 3 is 2.47 bits per heavy atom. The molecular weight excluding hydrogens is 400 g/mol. The highest BCUT2D eigenvalue weighted by Crippen LogP contribution is 2.59. The van der Waals surface area contributed by atoms with Crippen molar-refractivity contribution >= 4 is 35.2 Å². The van der Waals surface area contributed by atoms with Crippen LogP contribution in [0.1, 0.15) is 44.9 Å². The Balaban J connectivity index is 1.07. The van der Waals surface area contributed by atoms with E-state index in [0.29, 0.717) is 6.54 Å². The van der Waals surface area contributed by atoms with E-state index in [0.717, 1.165) is 28.3 Å². The van der Waals surface area contributed by atoms with Gasteiger partial charge in [0.1, 0.15) is 0 Å². The molecular formula is C23H28N2O4S. The molecule has 4 saturated carbocycles. The zero-order valence-electron chi connectivity index (χ0n) is 17.0. The van der Waals surface area contributed by atoms with Gasteiger partial charge >= 0.3 is 5.97 Å². The highest BCUT2D eigenvalue weighted by Gasteiger charge is 2.50. The standard InChI is InChI=1S/C23H28N2O4S/c26-20(24-13-23-9-14-5-15(10-23)7-16(6-14)11-23)12-29-21(27)8-19-22(28)25-17-3-1-2-4-18(17)30-19/h1-4,14-16,19H,5-13H2,(H,24,26)(H,25,28)/t14?,15?,16?,19-,23?/m1/s1. The zero-order chi connectivity index (χ0) is 20.7. The minimum Gasteiger partial charge on any atom is -0.456 e. The van der Waals surface area contributed by atoms with E-state index >= 15 is 0 Å². The number of amides is 2. The van der Waals surface area contributed by atoms with E-state index in [2.05, 4.69) is 10.6 Å². The van der Waals surface area contributed by atoms with E-state index in [4.69, 9.17) is 4.74 Å². The van der Waals surface area contributed by atoms with E-state index in [1.165, 1.54) is 50.3 Å². The second-order valence-corrected chi connectivity index (χ2v) is 10.9. The van der Waals surface area contributed by atoms with Crippen molar-refractivity contribution in [2.75, 3.05) is 18.5 Å². The molecule has 0 aromatic heterocycles. The normalized spacial score (nSPS) is 33.5. The van der Waals surface area contributed by atoms with Gasteiger partial charge < -0.3 is 15.4 Å². The van der Waals surface area contributed by atoms with Crippen molar-refractivity contribution < 1.29 is 19.1 Å². The number of carbonyl (C=O) groups is 3. The smallest absolute Gasteiger partial charge is 0.307 e. The molecule has 1 atom stereocenters. The lowest BCUT2D eigenvalue weighted by molar-refractivity contribution is -0.149. The van der Waals surface area contributed by atoms with Crippen molar-refractivity contribution in [2.45, 2.75) is 55.1 Å². The molecule has 4 bridgehead atoms. The topological polar surface area (TPSA) is 84.5 Å². The molecule has 0 spiro atoms. The Labute approximate surface area is 180 Å². The van der Waals surface area contributed by atoms with Crippen LogP contribution in [-0.4, -0.2) is 36.2 Å². The minimum absolute atomic E-state index is 0.0485. The van der Waals surface area contributed by atoms with Crippen LogP contribution in [0.3, 0.4) is 0 Å². The van der Waals surface area contributed by atoms with E-state index in [1.54, 1.807) is 0 Å². The first-order valence-electron chi connectivity index (χ1n) is 11.0. The Bertz CT molecular complexity index is 835. The summed E-state index contributed by atoms with van der Waals surface area (Å²) in [6.45, 7) is 0.422. The lowest BCUT2D eigenvalue weighted by Crippen LogP contribution is -2.51. The number of rotatable bonds is 6. The van der Waals surface area contributed by atoms with E-state index in [-0.39, 0.29) is 30.3 Å². The van der Waals surface area contributed by atoms with Crippen LogP contribution >= 0.6 is 11.8 Å². The fourth-order valence-corrected chi connectivity index (χ4v) is 7.52. The number of anilines is 1. The van der Waals surface area contributed by atoms with Gasteiger partial charge in [-0.1, -0.05) is 12.1 Å². The molecule has 6 rings (SSSR count). The minimum atomic E-state index is -0.539. The largest absolute Gasteiger partial charge is 0.456 e. The van der Waals surface area contributed by atoms with E-state index in [9.17, 15) is 14.4 Å². The van der Waals surface area contributed by atoms with Crippen LogP contribution in [-0.2, 0) is 19.1 Å². The number of hydrogen-bond acceptors (Lipinski definition) is 5. The SMILES string of the molecule is O=C(COC(=O)C[C@H]1Sc2ccccc2NC1=O)NCC12CC3CC(CC(C3)C1)C2. The number of ether oxygens (including phenoxy) is 1. The van der Waals surface area contributed by atoms with Crippen LogP contribution in [0.2, 0.25) is 0 Å². The van der Waals surface area contributed by atoms with Crippen molar-refractivity contribution in [3.8, 4) is 0 Å². The van der Waals surface area contributed by atoms with Crippen molar-refractivity contribution in [1.29, 1.82) is 0 Å². The molecule has 2 amide bonds. The summed E-state index contributed by atoms with van der Waals surface area (Å²) in [4.78, 5) is 37.6. The summed E-state index contributed by atoms with van der Waals surface area (Å²) in [7, 11) is 0. The molecule has 0 radical (unpaired) electrons. The predicted octanol–water partition coefficient (Wildman–Crippen LogP) is 3.37. The van der Waals surface area contributed by atoms with Crippen LogP contribution in [0.15, 0.2) is 29.2 Å². The van der Waals surface area contributed by atoms with Crippen molar-refractivity contribution in [3.05, 3.63) is 24.3 Å². The van der Waals surface area contributed by atoms with Gasteiger partial charge in [0, 0.05) is 11.4 Å². The fourth-order valence-electron chi connectivity index (χ4n) is 6.43. The predicted molar refractivity (Wildman–Crippen MR) is 114 cm³/mol. The van der Waals surface area contributed by atoms with Crippen LogP contribution in [0.4, 0.5) is 5.69 Å². The first kappa shape index (κ1) is 19.9. The fraction of sp³-hybridized carbons (Fsp3) is 0.609. The maximum atomic E-state index is 12.3. The summed E-state index contributed by atoms with van der Waals surface area (Å²) < 4.78 is 5.17. The lowest BCUT2D eigenvalue weighted by Gasteiger charge is -2.56. The van der Waals surface area contributed by atoms with Crippen molar-refractivity contribution in [1.82, 2.24) is 5.32 Å². The Morgan fingerprint density at radius 2 is 1.77 bits per heavy atom. The average Bonchev–Trinajstić information content (AvgIpc) is 2.70. The maximum Gasteiger partial charge on any atom is 0.307 e. The average molecular weight is 429 g/mol. The first-order valence-corrected chi connectivity index (χ1v) is 11.8. The van der Waals surface area contributed by atoms with Gasteiger partial charge in [-0.15, -0.1) is 11.8 Å². The van der Waals surface area contributed by atoms with Gasteiger partial charge in [0.05, 0.1) is 17.4 Å². The summed E-state index contributed by atoms with van der Waals surface area (Å²) in [6.07, 6.45) is 7.77. The zero-order valence-corrected chi connectivity index (χ0v) is 17.8. The highest BCUT2D eigenvalue weighted by atomic mass is 32.2. The van der Waals surface area contributed by atoms with Crippen LogP contribution in [0.25, 0.3) is 0 Å². The molecule has 1 aromatic rings. The van der Waals surface area contributed by atoms with Crippen LogP contribution in [0, 0.1) is 23.2 Å². The molecule has 4 aliphatic carbocycles. The van der Waals surface area contributed by atoms with Gasteiger partial charge in [0.2, 0.25) is 5.91 Å². The molecule has 30 heavy (non-hydrogen) atoms. The Kier molecular flexibility index (Phi) is 5.25. The number of para-hydroxylation sites is 1. The number of esters is 1. The Morgan fingerprint density at radius 1 is 1.10 bits per heavy atom. The quantitative estimate of drug-likeness (QED) is 0.679. The summed E-state index contributed by atoms with van der Waals surface area (Å²) in [5.41, 5.74) is 1.03. The van der Waals surface area contributed by atoms with E-state index in [1.807, 2.05) is 24.3 Å². The van der Waals surface area contributed by atoms with Gasteiger partial charge in [-0.3, -0.25) is 14.4 Å². The molecule has 5 aliphatic rings. The molecule has 1 aromatic carbocycles. The number of thioether (sulfide) groups is 1. The molecule has 6 nitrogen and oxygen atoms in total. The molecule has 1 aliphatic heterocycles. The molecule has 0 saturated heterocycles.